The third-order valence-electron chi connectivity index (χ3n) is 9.03. The van der Waals surface area contributed by atoms with Crippen LogP contribution < -0.4 is 14.4 Å². The number of anilines is 1. The molecule has 6 rings (SSSR count). The first-order valence-electron chi connectivity index (χ1n) is 15.0. The summed E-state index contributed by atoms with van der Waals surface area (Å²) in [5.41, 5.74) is -1.23. The number of piperazine rings is 1. The summed E-state index contributed by atoms with van der Waals surface area (Å²) in [6.45, 7) is 4.29. The lowest BCUT2D eigenvalue weighted by Crippen LogP contribution is -2.67. The van der Waals surface area contributed by atoms with E-state index in [1.165, 1.54) is 41.4 Å². The molecular weight excluding hydrogens is 596 g/mol. The zero-order valence-electron chi connectivity index (χ0n) is 24.8. The van der Waals surface area contributed by atoms with E-state index in [1.54, 1.807) is 37.3 Å². The summed E-state index contributed by atoms with van der Waals surface area (Å²) >= 11 is 0. The Balaban J connectivity index is 1.66. The van der Waals surface area contributed by atoms with Crippen molar-refractivity contribution >= 4 is 27.7 Å². The highest BCUT2D eigenvalue weighted by Crippen LogP contribution is 2.54. The number of pyridine rings is 1. The number of sulfonamides is 1. The Bertz CT molecular complexity index is 1760. The largest absolute Gasteiger partial charge is 0.478 e. The average molecular weight is 631 g/mol. The SMILES string of the molecule is CCOc1ncccc1C1(C2CN(C3CCNCC3)CCN2C(=O)O)C(=O)N(S(=O)(=O)c2ccccc2)c2ccc(C#N)cc21. The van der Waals surface area contributed by atoms with Gasteiger partial charge in [-0.25, -0.2) is 22.5 Å². The summed E-state index contributed by atoms with van der Waals surface area (Å²) in [5, 5.41) is 23.9. The van der Waals surface area contributed by atoms with Gasteiger partial charge in [0.1, 0.15) is 5.41 Å². The molecule has 0 aliphatic carbocycles. The van der Waals surface area contributed by atoms with E-state index in [9.17, 15) is 23.6 Å². The molecule has 0 spiro atoms. The van der Waals surface area contributed by atoms with E-state index in [0.717, 1.165) is 30.2 Å². The predicted octanol–water partition coefficient (Wildman–Crippen LogP) is 2.79. The lowest BCUT2D eigenvalue weighted by Gasteiger charge is -2.50. The molecule has 3 aromatic rings. The van der Waals surface area contributed by atoms with Gasteiger partial charge in [-0.15, -0.1) is 0 Å². The van der Waals surface area contributed by atoms with Crippen molar-refractivity contribution < 1.29 is 27.9 Å². The predicted molar refractivity (Wildman–Crippen MR) is 164 cm³/mol. The summed E-state index contributed by atoms with van der Waals surface area (Å²) in [4.78, 5) is 36.1. The fourth-order valence-electron chi connectivity index (χ4n) is 7.03. The number of carboxylic acid groups (broad SMARTS) is 1. The van der Waals surface area contributed by atoms with Crippen LogP contribution in [-0.4, -0.2) is 91.7 Å². The maximum Gasteiger partial charge on any atom is 0.407 e. The number of nitriles is 1. The average Bonchev–Trinajstić information content (AvgIpc) is 3.33. The Morgan fingerprint density at radius 1 is 1.11 bits per heavy atom. The van der Waals surface area contributed by atoms with Gasteiger partial charge in [0.2, 0.25) is 5.88 Å². The molecule has 12 nitrogen and oxygen atoms in total. The maximum atomic E-state index is 15.3. The summed E-state index contributed by atoms with van der Waals surface area (Å²) < 4.78 is 35.4. The van der Waals surface area contributed by atoms with Gasteiger partial charge in [-0.05, 0) is 69.3 Å². The van der Waals surface area contributed by atoms with Crippen molar-refractivity contribution in [1.29, 1.82) is 5.26 Å². The van der Waals surface area contributed by atoms with Gasteiger partial charge < -0.3 is 20.1 Å². The Labute approximate surface area is 261 Å². The molecule has 0 radical (unpaired) electrons. The third-order valence-corrected chi connectivity index (χ3v) is 10.7. The summed E-state index contributed by atoms with van der Waals surface area (Å²) in [6.07, 6.45) is 1.97. The molecule has 2 atom stereocenters. The molecule has 0 bridgehead atoms. The number of fused-ring (bicyclic) bond motifs is 1. The number of hydrogen-bond acceptors (Lipinski definition) is 9. The quantitative estimate of drug-likeness (QED) is 0.398. The van der Waals surface area contributed by atoms with Gasteiger partial charge in [0.05, 0.1) is 34.9 Å². The highest BCUT2D eigenvalue weighted by atomic mass is 32.2. The number of ether oxygens (including phenoxy) is 1. The number of hydrogen-bond donors (Lipinski definition) is 2. The maximum absolute atomic E-state index is 15.3. The van der Waals surface area contributed by atoms with Crippen LogP contribution in [0.4, 0.5) is 10.5 Å². The van der Waals surface area contributed by atoms with Crippen molar-refractivity contribution in [3.63, 3.8) is 0 Å². The smallest absolute Gasteiger partial charge is 0.407 e. The van der Waals surface area contributed by atoms with E-state index in [1.807, 2.05) is 0 Å². The van der Waals surface area contributed by atoms with Crippen molar-refractivity contribution in [1.82, 2.24) is 20.1 Å². The van der Waals surface area contributed by atoms with Crippen LogP contribution in [0.25, 0.3) is 0 Å². The van der Waals surface area contributed by atoms with Crippen LogP contribution in [0.1, 0.15) is 36.5 Å². The minimum atomic E-state index is -4.48. The number of benzene rings is 2. The van der Waals surface area contributed by atoms with Crippen LogP contribution in [0, 0.1) is 11.3 Å². The molecular formula is C32H34N6O6S. The van der Waals surface area contributed by atoms with Crippen LogP contribution in [0.2, 0.25) is 0 Å². The normalized spacial score (nSPS) is 22.6. The highest BCUT2D eigenvalue weighted by Gasteiger charge is 2.64. The number of nitrogens with zero attached hydrogens (tertiary/aromatic N) is 5. The number of carbonyl (C=O) groups excluding carboxylic acids is 1. The second-order valence-electron chi connectivity index (χ2n) is 11.3. The summed E-state index contributed by atoms with van der Waals surface area (Å²) in [5.74, 6) is -0.765. The lowest BCUT2D eigenvalue weighted by atomic mass is 9.68. The number of carbonyl (C=O) groups is 2. The number of aromatic nitrogens is 1. The van der Waals surface area contributed by atoms with Gasteiger partial charge in [0.25, 0.3) is 15.9 Å². The molecule has 2 fully saturated rings. The first-order valence-corrected chi connectivity index (χ1v) is 16.4. The molecule has 2 unspecified atom stereocenters. The van der Waals surface area contributed by atoms with Gasteiger partial charge in [-0.3, -0.25) is 9.69 Å². The zero-order valence-corrected chi connectivity index (χ0v) is 25.6. The molecule has 2 saturated heterocycles. The van der Waals surface area contributed by atoms with Crippen molar-refractivity contribution in [3.8, 4) is 11.9 Å². The Morgan fingerprint density at radius 3 is 2.56 bits per heavy atom. The first-order chi connectivity index (χ1) is 21.7. The molecule has 4 heterocycles. The van der Waals surface area contributed by atoms with Gasteiger partial charge >= 0.3 is 6.09 Å². The van der Waals surface area contributed by atoms with E-state index < -0.39 is 33.5 Å². The van der Waals surface area contributed by atoms with Crippen LogP contribution in [-0.2, 0) is 20.2 Å². The number of rotatable bonds is 7. The molecule has 3 aliphatic rings. The molecule has 2 N–H and O–H groups in total. The van der Waals surface area contributed by atoms with Crippen molar-refractivity contribution in [2.45, 2.75) is 42.2 Å². The molecule has 2 amide bonds. The standard InChI is InChI=1S/C32H34N6O6S/c1-2-44-29-25(9-6-14-35-29)32(28-21-36(17-18-37(28)31(40)41)23-12-15-34-16-13-23)26-19-22(20-33)10-11-27(26)38(30(32)39)45(42,43)24-7-4-3-5-8-24/h3-11,14,19,23,28,34H,2,12-13,15-18,21H2,1H3,(H,40,41). The summed E-state index contributed by atoms with van der Waals surface area (Å²) in [7, 11) is -4.48. The summed E-state index contributed by atoms with van der Waals surface area (Å²) in [6, 6.07) is 16.5. The van der Waals surface area contributed by atoms with Crippen LogP contribution >= 0.6 is 0 Å². The molecule has 234 valence electrons. The number of amides is 2. The molecule has 3 aliphatic heterocycles. The van der Waals surface area contributed by atoms with E-state index >= 15 is 4.79 Å². The van der Waals surface area contributed by atoms with Crippen molar-refractivity contribution in [2.75, 3.05) is 43.6 Å². The Kier molecular flexibility index (Phi) is 8.22. The van der Waals surface area contributed by atoms with Crippen LogP contribution in [0.3, 0.4) is 0 Å². The Morgan fingerprint density at radius 2 is 1.87 bits per heavy atom. The van der Waals surface area contributed by atoms with Crippen LogP contribution in [0.5, 0.6) is 5.88 Å². The third kappa shape index (κ3) is 4.99. The molecule has 0 saturated carbocycles. The Hall–Kier alpha value is -4.51. The lowest BCUT2D eigenvalue weighted by molar-refractivity contribution is -0.124. The first kappa shape index (κ1) is 30.5. The minimum absolute atomic E-state index is 0.0542. The zero-order chi connectivity index (χ0) is 31.8. The fraction of sp³-hybridized carbons (Fsp3) is 0.375. The van der Waals surface area contributed by atoms with Gasteiger partial charge in [-0.2, -0.15) is 5.26 Å². The van der Waals surface area contributed by atoms with E-state index in [4.69, 9.17) is 4.74 Å². The van der Waals surface area contributed by atoms with Gasteiger partial charge in [0.15, 0.2) is 0 Å². The molecule has 2 aromatic carbocycles. The van der Waals surface area contributed by atoms with Gasteiger partial charge in [0, 0.05) is 43.0 Å². The van der Waals surface area contributed by atoms with E-state index in [-0.39, 0.29) is 58.9 Å². The second-order valence-corrected chi connectivity index (χ2v) is 13.1. The second kappa shape index (κ2) is 12.1. The highest BCUT2D eigenvalue weighted by molar-refractivity contribution is 7.93. The minimum Gasteiger partial charge on any atom is -0.478 e. The fourth-order valence-corrected chi connectivity index (χ4v) is 8.52. The molecule has 1 aromatic heterocycles. The van der Waals surface area contributed by atoms with Crippen LogP contribution in [0.15, 0.2) is 71.8 Å². The topological polar surface area (TPSA) is 156 Å². The van der Waals surface area contributed by atoms with Gasteiger partial charge in [-0.1, -0.05) is 24.3 Å². The molecule has 45 heavy (non-hydrogen) atoms. The van der Waals surface area contributed by atoms with Crippen molar-refractivity contribution in [2.24, 2.45) is 0 Å². The number of piperidine rings is 1. The number of nitrogens with one attached hydrogen (secondary N) is 1. The van der Waals surface area contributed by atoms with E-state index in [2.05, 4.69) is 21.3 Å². The molecule has 13 heteroatoms. The van der Waals surface area contributed by atoms with E-state index in [0.29, 0.717) is 6.54 Å². The van der Waals surface area contributed by atoms with Crippen molar-refractivity contribution in [3.05, 3.63) is 83.6 Å². The monoisotopic (exact) mass is 630 g/mol.